The molecule has 0 aromatic carbocycles. The predicted octanol–water partition coefficient (Wildman–Crippen LogP) is -0.955. The van der Waals surface area contributed by atoms with Gasteiger partial charge in [0.25, 0.3) is 0 Å². The van der Waals surface area contributed by atoms with Crippen LogP contribution >= 0.6 is 0 Å². The average Bonchev–Trinajstić information content (AvgIpc) is 0. The first-order chi connectivity index (χ1) is 0. The first kappa shape index (κ1) is 81.4. The Morgan fingerprint density at radius 2 is 0.625 bits per heavy atom. The van der Waals surface area contributed by atoms with E-state index in [1.165, 1.54) is 0 Å². The molecule has 0 nitrogen and oxygen atoms in total. The van der Waals surface area contributed by atoms with Gasteiger partial charge in [-0.25, -0.2) is 0 Å². The third-order valence-electron chi connectivity index (χ3n) is 0. The molecule has 0 fully saturated rings. The molecule has 0 rings (SSSR count). The molecule has 0 saturated heterocycles. The van der Waals surface area contributed by atoms with Crippen LogP contribution in [0.1, 0.15) is 0 Å². The van der Waals surface area contributed by atoms with Crippen LogP contribution in [-0.4, -0.2) is 67.7 Å². The molecule has 0 radical (unpaired) electrons. The Morgan fingerprint density at radius 1 is 0.625 bits per heavy atom. The monoisotopic (exact) mass is 534 g/mol. The van der Waals surface area contributed by atoms with E-state index in [4.69, 9.17) is 0 Å². The van der Waals surface area contributed by atoms with Crippen molar-refractivity contribution in [2.75, 3.05) is 0 Å². The minimum Gasteiger partial charge on any atom is 0 e. The second kappa shape index (κ2) is 62.5. The molecule has 0 aliphatic carbocycles. The summed E-state index contributed by atoms with van der Waals surface area (Å²) in [6.07, 6.45) is 0. The van der Waals surface area contributed by atoms with Crippen LogP contribution in [0.4, 0.5) is 18.8 Å². The van der Waals surface area contributed by atoms with Crippen molar-refractivity contribution in [1.29, 1.82) is 0 Å². The summed E-state index contributed by atoms with van der Waals surface area (Å²) in [4.78, 5) is 0. The molecule has 0 aromatic rings. The van der Waals surface area contributed by atoms with Crippen molar-refractivity contribution in [3.8, 4) is 0 Å². The van der Waals surface area contributed by atoms with Gasteiger partial charge in [-0.2, -0.15) is 0 Å². The Bertz CT molecular complexity index is 16.0. The molecule has 0 amide bonds. The quantitative estimate of drug-likeness (QED) is 0.278. The predicted molar refractivity (Wildman–Crippen MR) is 25.7 cm³/mol. The summed E-state index contributed by atoms with van der Waals surface area (Å²) >= 11 is 0. The number of halogens is 4. The summed E-state index contributed by atoms with van der Waals surface area (Å²) in [7, 11) is 0. The zero-order chi connectivity index (χ0) is 0. The van der Waals surface area contributed by atoms with Crippen molar-refractivity contribution in [3.63, 3.8) is 0 Å². The average molecular weight is 534 g/mol. The topological polar surface area (TPSA) is 0 Å². The summed E-state index contributed by atoms with van der Waals surface area (Å²) in [5.74, 6) is 0. The van der Waals surface area contributed by atoms with Crippen molar-refractivity contribution in [2.24, 2.45) is 0 Å². The van der Waals surface area contributed by atoms with Gasteiger partial charge < -0.3 is 0 Å². The molecule has 0 aliphatic heterocycles. The van der Waals surface area contributed by atoms with Crippen LogP contribution < -0.4 is 0 Å². The first-order valence-corrected chi connectivity index (χ1v) is 0. The van der Waals surface area contributed by atoms with E-state index in [-0.39, 0.29) is 166 Å². The molecule has 8 heteroatoms. The minimum absolute atomic E-state index is 0. The normalized spacial score (nSPS) is 0. The number of hydrogen-bond donors (Lipinski definition) is 0. The standard InChI is InChI=1S/Ba.Dy.4FH.Li.Nd.3H/h;;4*1H;;;;;. The van der Waals surface area contributed by atoms with Crippen LogP contribution in [0, 0.1) is 79.0 Å². The first-order valence-electron chi connectivity index (χ1n) is 0. The van der Waals surface area contributed by atoms with E-state index in [1.807, 2.05) is 0 Å². The van der Waals surface area contributed by atoms with Crippen LogP contribution in [0.5, 0.6) is 0 Å². The molecule has 0 aromatic heterocycles. The fourth-order valence-corrected chi connectivity index (χ4v) is 0. The molecule has 52 valence electrons. The smallest absolute Gasteiger partial charge is 0 e. The van der Waals surface area contributed by atoms with Crippen molar-refractivity contribution >= 4 is 67.7 Å². The van der Waals surface area contributed by atoms with Gasteiger partial charge in [-0.1, -0.05) is 0 Å². The van der Waals surface area contributed by atoms with Crippen molar-refractivity contribution in [2.45, 2.75) is 0 Å². The Hall–Kier alpha value is 4.51. The summed E-state index contributed by atoms with van der Waals surface area (Å²) in [5.41, 5.74) is 0. The van der Waals surface area contributed by atoms with E-state index in [0.717, 1.165) is 0 Å². The second-order valence-electron chi connectivity index (χ2n) is 0. The van der Waals surface area contributed by atoms with Crippen molar-refractivity contribution in [3.05, 3.63) is 0 Å². The minimum atomic E-state index is 0. The molecular formula is H7BaDyF4LiNd. The molecule has 0 unspecified atom stereocenters. The van der Waals surface area contributed by atoms with E-state index in [1.54, 1.807) is 0 Å². The van der Waals surface area contributed by atoms with E-state index in [2.05, 4.69) is 0 Å². The SMILES string of the molecule is F.F.F.F.[BaH2].[Dy].[LiH].[Nd]. The van der Waals surface area contributed by atoms with Crippen LogP contribution in [0.3, 0.4) is 0 Å². The molecule has 0 heterocycles. The van der Waals surface area contributed by atoms with Gasteiger partial charge in [-0.05, 0) is 0 Å². The number of hydrogen-bond acceptors (Lipinski definition) is 0. The Labute approximate surface area is 161 Å². The van der Waals surface area contributed by atoms with Gasteiger partial charge >= 0.3 is 67.7 Å². The van der Waals surface area contributed by atoms with Gasteiger partial charge in [0.15, 0.2) is 0 Å². The van der Waals surface area contributed by atoms with E-state index in [0.29, 0.717) is 0 Å². The molecule has 0 aliphatic rings. The Morgan fingerprint density at radius 3 is 0.625 bits per heavy atom. The molecule has 0 saturated carbocycles. The maximum atomic E-state index is 0. The fraction of sp³-hybridized carbons (Fsp3) is 0. The zero-order valence-electron chi connectivity index (χ0n) is 2.45. The van der Waals surface area contributed by atoms with E-state index < -0.39 is 0 Å². The zero-order valence-corrected chi connectivity index (χ0v) is 7.69. The van der Waals surface area contributed by atoms with Gasteiger partial charge in [0.1, 0.15) is 0 Å². The van der Waals surface area contributed by atoms with E-state index in [9.17, 15) is 0 Å². The molecule has 0 spiro atoms. The van der Waals surface area contributed by atoms with E-state index >= 15 is 0 Å². The summed E-state index contributed by atoms with van der Waals surface area (Å²) in [5, 5.41) is 0. The van der Waals surface area contributed by atoms with Crippen molar-refractivity contribution in [1.82, 2.24) is 0 Å². The third kappa shape index (κ3) is 46.7. The van der Waals surface area contributed by atoms with Gasteiger partial charge in [-0.3, -0.25) is 18.8 Å². The van der Waals surface area contributed by atoms with Gasteiger partial charge in [0.05, 0.1) is 0 Å². The van der Waals surface area contributed by atoms with Crippen LogP contribution in [-0.2, 0) is 0 Å². The van der Waals surface area contributed by atoms with Gasteiger partial charge in [0.2, 0.25) is 0 Å². The largest absolute Gasteiger partial charge is 0 e. The van der Waals surface area contributed by atoms with Crippen LogP contribution in [0.15, 0.2) is 0 Å². The summed E-state index contributed by atoms with van der Waals surface area (Å²) in [6.45, 7) is 0. The third-order valence-corrected chi connectivity index (χ3v) is 0. The van der Waals surface area contributed by atoms with Gasteiger partial charge in [-0.15, -0.1) is 0 Å². The molecule has 0 bridgehead atoms. The van der Waals surface area contributed by atoms with Crippen LogP contribution in [0.2, 0.25) is 0 Å². The van der Waals surface area contributed by atoms with Gasteiger partial charge in [0, 0.05) is 79.0 Å². The Balaban J connectivity index is 0. The van der Waals surface area contributed by atoms with Crippen LogP contribution in [0.25, 0.3) is 0 Å². The van der Waals surface area contributed by atoms with Crippen molar-refractivity contribution < 1.29 is 97.8 Å². The fourth-order valence-electron chi connectivity index (χ4n) is 0. The molecule has 0 atom stereocenters. The molecule has 0 N–H and O–H groups in total. The Kier molecular flexibility index (Phi) is 636. The number of rotatable bonds is 0. The summed E-state index contributed by atoms with van der Waals surface area (Å²) in [6, 6.07) is 0. The molecular weight excluding hydrogens is 527 g/mol. The summed E-state index contributed by atoms with van der Waals surface area (Å²) < 4.78 is 0. The maximum Gasteiger partial charge on any atom is 0 e. The maximum absolute atomic E-state index is 0. The second-order valence-corrected chi connectivity index (χ2v) is 0. The molecule has 8 heavy (non-hydrogen) atoms.